The van der Waals surface area contributed by atoms with Crippen LogP contribution in [0.25, 0.3) is 0 Å². The highest BCUT2D eigenvalue weighted by molar-refractivity contribution is 6.29. The maximum Gasteiger partial charge on any atom is 0.266 e. The molecule has 6 heteroatoms. The van der Waals surface area contributed by atoms with E-state index in [4.69, 9.17) is 16.9 Å². The fourth-order valence-corrected chi connectivity index (χ4v) is 1.85. The lowest BCUT2D eigenvalue weighted by molar-refractivity contribution is 0.0256. The summed E-state index contributed by atoms with van der Waals surface area (Å²) in [5, 5.41) is 8.87. The number of nitrogens with zero attached hydrogens (tertiary/aromatic N) is 3. The predicted molar refractivity (Wildman–Crippen MR) is 55.7 cm³/mol. The van der Waals surface area contributed by atoms with E-state index in [1.54, 1.807) is 0 Å². The molecular weight excluding hydrogens is 236 g/mol. The van der Waals surface area contributed by atoms with Gasteiger partial charge >= 0.3 is 0 Å². The van der Waals surface area contributed by atoms with Gasteiger partial charge < -0.3 is 4.90 Å². The van der Waals surface area contributed by atoms with Crippen LogP contribution in [0, 0.1) is 11.3 Å². The molecule has 2 rings (SSSR count). The smallest absolute Gasteiger partial charge is 0.266 e. The first-order valence-corrected chi connectivity index (χ1v) is 5.08. The van der Waals surface area contributed by atoms with Crippen LogP contribution in [0.3, 0.4) is 0 Å². The quantitative estimate of drug-likeness (QED) is 0.712. The van der Waals surface area contributed by atoms with Gasteiger partial charge in [0.05, 0.1) is 18.2 Å². The summed E-state index contributed by atoms with van der Waals surface area (Å²) in [5.41, 5.74) is 0.324. The number of hydrogen-bond acceptors (Lipinski definition) is 3. The summed E-state index contributed by atoms with van der Waals surface area (Å²) in [7, 11) is 0. The molecular formula is C10H8ClF2N3. The molecule has 0 unspecified atom stereocenters. The van der Waals surface area contributed by atoms with Crippen molar-refractivity contribution in [3.8, 4) is 6.07 Å². The van der Waals surface area contributed by atoms with Gasteiger partial charge in [-0.2, -0.15) is 5.26 Å². The van der Waals surface area contributed by atoms with Gasteiger partial charge in [-0.25, -0.2) is 13.8 Å². The molecule has 0 spiro atoms. The van der Waals surface area contributed by atoms with Gasteiger partial charge in [0.25, 0.3) is 5.92 Å². The van der Waals surface area contributed by atoms with Crippen molar-refractivity contribution in [3.05, 3.63) is 22.8 Å². The van der Waals surface area contributed by atoms with E-state index in [-0.39, 0.29) is 24.7 Å². The number of hydrogen-bond donors (Lipinski definition) is 0. The lowest BCUT2D eigenvalue weighted by atomic mass is 10.3. The van der Waals surface area contributed by atoms with E-state index >= 15 is 0 Å². The largest absolute Gasteiger partial charge is 0.350 e. The van der Waals surface area contributed by atoms with Crippen molar-refractivity contribution in [1.29, 1.82) is 5.26 Å². The van der Waals surface area contributed by atoms with E-state index in [0.717, 1.165) is 0 Å². The molecule has 1 fully saturated rings. The molecule has 0 saturated carbocycles. The summed E-state index contributed by atoms with van der Waals surface area (Å²) in [4.78, 5) is 5.37. The van der Waals surface area contributed by atoms with Gasteiger partial charge in [-0.3, -0.25) is 0 Å². The number of nitriles is 1. The second kappa shape index (κ2) is 3.87. The maximum atomic E-state index is 13.0. The summed E-state index contributed by atoms with van der Waals surface area (Å²) in [6, 6.07) is 4.78. The number of halogens is 3. The minimum atomic E-state index is -2.68. The van der Waals surface area contributed by atoms with Crippen molar-refractivity contribution in [2.45, 2.75) is 12.3 Å². The Morgan fingerprint density at radius 3 is 2.81 bits per heavy atom. The summed E-state index contributed by atoms with van der Waals surface area (Å²) in [6.45, 7) is -0.142. The van der Waals surface area contributed by atoms with Crippen molar-refractivity contribution < 1.29 is 8.78 Å². The molecule has 3 nitrogen and oxygen atoms in total. The third-order valence-electron chi connectivity index (χ3n) is 2.40. The fourth-order valence-electron chi connectivity index (χ4n) is 1.64. The van der Waals surface area contributed by atoms with Gasteiger partial charge in [0, 0.05) is 13.0 Å². The Hall–Kier alpha value is -1.41. The van der Waals surface area contributed by atoms with E-state index in [1.807, 2.05) is 6.07 Å². The van der Waals surface area contributed by atoms with E-state index in [9.17, 15) is 8.78 Å². The first-order valence-electron chi connectivity index (χ1n) is 4.71. The molecule has 0 bridgehead atoms. The molecule has 0 atom stereocenters. The zero-order chi connectivity index (χ0) is 11.8. The Morgan fingerprint density at radius 1 is 1.50 bits per heavy atom. The highest BCUT2D eigenvalue weighted by Gasteiger charge is 2.38. The van der Waals surface area contributed by atoms with Crippen molar-refractivity contribution >= 4 is 17.4 Å². The summed E-state index contributed by atoms with van der Waals surface area (Å²) in [5.74, 6) is -2.35. The molecule has 0 amide bonds. The monoisotopic (exact) mass is 243 g/mol. The first kappa shape index (κ1) is 11.1. The third-order valence-corrected chi connectivity index (χ3v) is 2.60. The molecule has 0 radical (unpaired) electrons. The van der Waals surface area contributed by atoms with Gasteiger partial charge in [-0.15, -0.1) is 0 Å². The van der Waals surface area contributed by atoms with Crippen LogP contribution in [0.2, 0.25) is 5.15 Å². The zero-order valence-electron chi connectivity index (χ0n) is 8.25. The maximum absolute atomic E-state index is 13.0. The van der Waals surface area contributed by atoms with E-state index in [2.05, 4.69) is 4.98 Å². The van der Waals surface area contributed by atoms with Gasteiger partial charge in [-0.1, -0.05) is 11.6 Å². The Kier molecular flexibility index (Phi) is 2.68. The first-order chi connectivity index (χ1) is 7.50. The van der Waals surface area contributed by atoms with Crippen LogP contribution in [0.5, 0.6) is 0 Å². The Labute approximate surface area is 96.3 Å². The van der Waals surface area contributed by atoms with Crippen molar-refractivity contribution in [3.63, 3.8) is 0 Å². The number of rotatable bonds is 1. The lowest BCUT2D eigenvalue weighted by Crippen LogP contribution is -2.25. The van der Waals surface area contributed by atoms with Gasteiger partial charge in [-0.05, 0) is 12.1 Å². The van der Waals surface area contributed by atoms with Crippen molar-refractivity contribution in [2.24, 2.45) is 0 Å². The number of anilines is 1. The molecule has 1 aliphatic heterocycles. The Bertz CT molecular complexity index is 456. The number of pyridine rings is 1. The molecule has 0 aliphatic carbocycles. The van der Waals surface area contributed by atoms with Crippen LogP contribution in [0.15, 0.2) is 12.1 Å². The highest BCUT2D eigenvalue weighted by atomic mass is 35.5. The Balaban J connectivity index is 2.29. The molecule has 0 aromatic carbocycles. The lowest BCUT2D eigenvalue weighted by Gasteiger charge is -2.17. The topological polar surface area (TPSA) is 39.9 Å². The second-order valence-electron chi connectivity index (χ2n) is 3.68. The standard InChI is InChI=1S/C10H8ClF2N3/c11-8-3-7(5-14)4-9(15-8)16-2-1-10(12,13)6-16/h3-4H,1-2,6H2. The van der Waals surface area contributed by atoms with E-state index < -0.39 is 5.92 Å². The summed E-state index contributed by atoms with van der Waals surface area (Å²) < 4.78 is 26.0. The minimum absolute atomic E-state index is 0.143. The van der Waals surface area contributed by atoms with Gasteiger partial charge in [0.1, 0.15) is 11.0 Å². The van der Waals surface area contributed by atoms with Gasteiger partial charge in [0.15, 0.2) is 0 Å². The molecule has 1 saturated heterocycles. The van der Waals surface area contributed by atoms with Gasteiger partial charge in [0.2, 0.25) is 0 Å². The highest BCUT2D eigenvalue weighted by Crippen LogP contribution is 2.30. The minimum Gasteiger partial charge on any atom is -0.350 e. The summed E-state index contributed by atoms with van der Waals surface area (Å²) >= 11 is 5.70. The second-order valence-corrected chi connectivity index (χ2v) is 4.06. The fraction of sp³-hybridized carbons (Fsp3) is 0.400. The predicted octanol–water partition coefficient (Wildman–Crippen LogP) is 2.45. The zero-order valence-corrected chi connectivity index (χ0v) is 9.01. The SMILES string of the molecule is N#Cc1cc(Cl)nc(N2CCC(F)(F)C2)c1. The molecule has 1 aromatic heterocycles. The molecule has 1 aliphatic rings. The number of alkyl halides is 2. The van der Waals surface area contributed by atoms with Crippen molar-refractivity contribution in [1.82, 2.24) is 4.98 Å². The van der Waals surface area contributed by atoms with Crippen LogP contribution < -0.4 is 4.90 Å². The van der Waals surface area contributed by atoms with Crippen LogP contribution in [-0.2, 0) is 0 Å². The van der Waals surface area contributed by atoms with E-state index in [1.165, 1.54) is 17.0 Å². The van der Waals surface area contributed by atoms with Crippen molar-refractivity contribution in [2.75, 3.05) is 18.0 Å². The molecule has 0 N–H and O–H groups in total. The van der Waals surface area contributed by atoms with E-state index in [0.29, 0.717) is 11.4 Å². The third kappa shape index (κ3) is 2.22. The molecule has 1 aromatic rings. The Morgan fingerprint density at radius 2 is 2.25 bits per heavy atom. The average Bonchev–Trinajstić information content (AvgIpc) is 2.58. The normalized spacial score (nSPS) is 18.5. The average molecular weight is 244 g/mol. The summed E-state index contributed by atoms with van der Waals surface area (Å²) in [6.07, 6.45) is -0.191. The van der Waals surface area contributed by atoms with Crippen LogP contribution in [-0.4, -0.2) is 24.0 Å². The van der Waals surface area contributed by atoms with Crippen LogP contribution in [0.1, 0.15) is 12.0 Å². The molecule has 84 valence electrons. The van der Waals surface area contributed by atoms with Crippen LogP contribution >= 0.6 is 11.6 Å². The number of aromatic nitrogens is 1. The molecule has 2 heterocycles. The molecule has 16 heavy (non-hydrogen) atoms. The van der Waals surface area contributed by atoms with Crippen LogP contribution in [0.4, 0.5) is 14.6 Å².